The third-order valence-electron chi connectivity index (χ3n) is 2.83. The second-order valence-corrected chi connectivity index (χ2v) is 4.27. The van der Waals surface area contributed by atoms with Gasteiger partial charge in [-0.15, -0.1) is 0 Å². The van der Waals surface area contributed by atoms with E-state index in [0.29, 0.717) is 0 Å². The fourth-order valence-electron chi connectivity index (χ4n) is 1.91. The van der Waals surface area contributed by atoms with Crippen LogP contribution in [-0.4, -0.2) is 62.8 Å². The van der Waals surface area contributed by atoms with Crippen LogP contribution in [0.4, 0.5) is 0 Å². The minimum Gasteiger partial charge on any atom is -0.481 e. The van der Waals surface area contributed by atoms with Crippen molar-refractivity contribution in [1.82, 2.24) is 4.90 Å². The Morgan fingerprint density at radius 2 is 1.94 bits per heavy atom. The van der Waals surface area contributed by atoms with Gasteiger partial charge in [-0.1, -0.05) is 0 Å². The molecule has 102 valence electrons. The summed E-state index contributed by atoms with van der Waals surface area (Å²) < 4.78 is 0. The number of aliphatic carboxylic acids is 2. The lowest BCUT2D eigenvalue weighted by Crippen LogP contribution is -2.48. The second-order valence-electron chi connectivity index (χ2n) is 4.27. The van der Waals surface area contributed by atoms with E-state index in [-0.39, 0.29) is 25.8 Å². The molecule has 8 heteroatoms. The number of carboxylic acid groups (broad SMARTS) is 2. The van der Waals surface area contributed by atoms with Gasteiger partial charge in [0.15, 0.2) is 0 Å². The van der Waals surface area contributed by atoms with Gasteiger partial charge in [0, 0.05) is 19.4 Å². The van der Waals surface area contributed by atoms with Crippen molar-refractivity contribution in [3.8, 4) is 0 Å². The number of aliphatic hydroxyl groups is 1. The standard InChI is InChI=1S/C10H16N2O6/c11-6(1-2-8(14)15)9(16)12-4-5(13)3-7(12)10(17)18/h5-7,13H,1-4,11H2,(H,14,15)(H,17,18)/t5-,6?,7-/m0/s1. The molecule has 1 amide bonds. The molecule has 0 spiro atoms. The molecule has 0 saturated carbocycles. The summed E-state index contributed by atoms with van der Waals surface area (Å²) in [4.78, 5) is 34.1. The fraction of sp³-hybridized carbons (Fsp3) is 0.700. The maximum absolute atomic E-state index is 11.9. The predicted octanol–water partition coefficient (Wildman–Crippen LogP) is -1.78. The van der Waals surface area contributed by atoms with E-state index >= 15 is 0 Å². The zero-order valence-corrected chi connectivity index (χ0v) is 9.65. The number of carboxylic acids is 2. The van der Waals surface area contributed by atoms with Crippen LogP contribution in [0, 0.1) is 0 Å². The van der Waals surface area contributed by atoms with Gasteiger partial charge in [-0.25, -0.2) is 4.79 Å². The van der Waals surface area contributed by atoms with Crippen molar-refractivity contribution in [3.05, 3.63) is 0 Å². The molecule has 1 unspecified atom stereocenters. The van der Waals surface area contributed by atoms with E-state index in [0.717, 1.165) is 4.90 Å². The quantitative estimate of drug-likeness (QED) is 0.458. The maximum Gasteiger partial charge on any atom is 0.326 e. The van der Waals surface area contributed by atoms with Crippen molar-refractivity contribution >= 4 is 17.8 Å². The maximum atomic E-state index is 11.9. The van der Waals surface area contributed by atoms with Gasteiger partial charge < -0.3 is 26.0 Å². The molecule has 1 saturated heterocycles. The number of β-amino-alcohol motifs (C(OH)–C–C–N with tert-alkyl or cyclic N) is 1. The third kappa shape index (κ3) is 3.41. The largest absolute Gasteiger partial charge is 0.481 e. The van der Waals surface area contributed by atoms with Crippen molar-refractivity contribution in [1.29, 1.82) is 0 Å². The number of carbonyl (C=O) groups is 3. The number of nitrogens with zero attached hydrogens (tertiary/aromatic N) is 1. The van der Waals surface area contributed by atoms with Gasteiger partial charge in [-0.2, -0.15) is 0 Å². The first-order valence-corrected chi connectivity index (χ1v) is 5.51. The van der Waals surface area contributed by atoms with E-state index in [1.807, 2.05) is 0 Å². The zero-order chi connectivity index (χ0) is 13.9. The molecule has 18 heavy (non-hydrogen) atoms. The van der Waals surface area contributed by atoms with Crippen LogP contribution in [-0.2, 0) is 14.4 Å². The topological polar surface area (TPSA) is 141 Å². The molecule has 8 nitrogen and oxygen atoms in total. The lowest BCUT2D eigenvalue weighted by molar-refractivity contribution is -0.149. The molecule has 5 N–H and O–H groups in total. The third-order valence-corrected chi connectivity index (χ3v) is 2.83. The Balaban J connectivity index is 2.64. The van der Waals surface area contributed by atoms with E-state index in [1.165, 1.54) is 0 Å². The van der Waals surface area contributed by atoms with Gasteiger partial charge in [0.1, 0.15) is 6.04 Å². The molecule has 0 aromatic rings. The second kappa shape index (κ2) is 5.78. The van der Waals surface area contributed by atoms with Crippen LogP contribution in [0.5, 0.6) is 0 Å². The molecule has 3 atom stereocenters. The van der Waals surface area contributed by atoms with Gasteiger partial charge in [-0.05, 0) is 6.42 Å². The number of hydrogen-bond acceptors (Lipinski definition) is 5. The molecular formula is C10H16N2O6. The number of hydrogen-bond donors (Lipinski definition) is 4. The summed E-state index contributed by atoms with van der Waals surface area (Å²) in [6.07, 6.45) is -1.25. The van der Waals surface area contributed by atoms with Gasteiger partial charge in [0.25, 0.3) is 0 Å². The van der Waals surface area contributed by atoms with Crippen LogP contribution in [0.15, 0.2) is 0 Å². The van der Waals surface area contributed by atoms with Crippen LogP contribution in [0.1, 0.15) is 19.3 Å². The van der Waals surface area contributed by atoms with Gasteiger partial charge in [0.2, 0.25) is 5.91 Å². The van der Waals surface area contributed by atoms with E-state index < -0.39 is 36.0 Å². The van der Waals surface area contributed by atoms with Crippen molar-refractivity contribution in [3.63, 3.8) is 0 Å². The number of amides is 1. The lowest BCUT2D eigenvalue weighted by Gasteiger charge is -2.24. The lowest BCUT2D eigenvalue weighted by atomic mass is 10.1. The first kappa shape index (κ1) is 14.4. The molecular weight excluding hydrogens is 244 g/mol. The van der Waals surface area contributed by atoms with Crippen molar-refractivity contribution in [2.45, 2.75) is 37.5 Å². The predicted molar refractivity (Wildman–Crippen MR) is 58.6 cm³/mol. The smallest absolute Gasteiger partial charge is 0.326 e. The van der Waals surface area contributed by atoms with E-state index in [9.17, 15) is 19.5 Å². The van der Waals surface area contributed by atoms with Crippen molar-refractivity contribution < 1.29 is 29.7 Å². The monoisotopic (exact) mass is 260 g/mol. The molecule has 1 heterocycles. The molecule has 0 aliphatic carbocycles. The summed E-state index contributed by atoms with van der Waals surface area (Å²) in [6.45, 7) is -0.0867. The molecule has 1 aliphatic heterocycles. The summed E-state index contributed by atoms with van der Waals surface area (Å²) in [5.41, 5.74) is 5.52. The number of likely N-dealkylation sites (tertiary alicyclic amines) is 1. The summed E-state index contributed by atoms with van der Waals surface area (Å²) in [7, 11) is 0. The minimum atomic E-state index is -1.20. The molecule has 0 aromatic carbocycles. The van der Waals surface area contributed by atoms with E-state index in [2.05, 4.69) is 0 Å². The highest BCUT2D eigenvalue weighted by atomic mass is 16.4. The van der Waals surface area contributed by atoms with Gasteiger partial charge >= 0.3 is 11.9 Å². The molecule has 1 fully saturated rings. The Bertz CT molecular complexity index is 358. The first-order valence-electron chi connectivity index (χ1n) is 5.51. The first-order chi connectivity index (χ1) is 8.32. The summed E-state index contributed by atoms with van der Waals surface area (Å²) in [5, 5.41) is 26.8. The molecule has 1 aliphatic rings. The van der Waals surface area contributed by atoms with Gasteiger partial charge in [-0.3, -0.25) is 9.59 Å². The Kier molecular flexibility index (Phi) is 4.62. The number of nitrogens with two attached hydrogens (primary N) is 1. The Labute approximate surface area is 103 Å². The highest BCUT2D eigenvalue weighted by molar-refractivity contribution is 5.87. The van der Waals surface area contributed by atoms with Gasteiger partial charge in [0.05, 0.1) is 12.1 Å². The number of rotatable bonds is 5. The number of aliphatic hydroxyl groups excluding tert-OH is 1. The average Bonchev–Trinajstić information content (AvgIpc) is 2.67. The molecule has 0 bridgehead atoms. The van der Waals surface area contributed by atoms with Crippen molar-refractivity contribution in [2.24, 2.45) is 5.73 Å². The molecule has 1 rings (SSSR count). The Hall–Kier alpha value is -1.67. The van der Waals surface area contributed by atoms with Crippen LogP contribution >= 0.6 is 0 Å². The number of carbonyl (C=O) groups excluding carboxylic acids is 1. The Morgan fingerprint density at radius 1 is 1.33 bits per heavy atom. The molecule has 0 aromatic heterocycles. The Morgan fingerprint density at radius 3 is 2.44 bits per heavy atom. The summed E-state index contributed by atoms with van der Waals surface area (Å²) >= 11 is 0. The molecule has 0 radical (unpaired) electrons. The SMILES string of the molecule is NC(CCC(=O)O)C(=O)N1C[C@@H](O)C[C@H]1C(=O)O. The van der Waals surface area contributed by atoms with Crippen LogP contribution < -0.4 is 5.73 Å². The highest BCUT2D eigenvalue weighted by Gasteiger charge is 2.40. The van der Waals surface area contributed by atoms with Crippen LogP contribution in [0.2, 0.25) is 0 Å². The average molecular weight is 260 g/mol. The minimum absolute atomic E-state index is 0.0350. The highest BCUT2D eigenvalue weighted by Crippen LogP contribution is 2.19. The summed E-state index contributed by atoms with van der Waals surface area (Å²) in [6, 6.07) is -2.16. The van der Waals surface area contributed by atoms with E-state index in [4.69, 9.17) is 15.9 Å². The van der Waals surface area contributed by atoms with E-state index in [1.54, 1.807) is 0 Å². The van der Waals surface area contributed by atoms with Crippen molar-refractivity contribution in [2.75, 3.05) is 6.54 Å². The zero-order valence-electron chi connectivity index (χ0n) is 9.65. The fourth-order valence-corrected chi connectivity index (χ4v) is 1.91. The normalized spacial score (nSPS) is 24.9. The van der Waals surface area contributed by atoms with Crippen LogP contribution in [0.25, 0.3) is 0 Å². The summed E-state index contributed by atoms with van der Waals surface area (Å²) in [5.74, 6) is -2.92. The van der Waals surface area contributed by atoms with Crippen LogP contribution in [0.3, 0.4) is 0 Å².